The summed E-state index contributed by atoms with van der Waals surface area (Å²) in [5.41, 5.74) is 0.755. The van der Waals surface area contributed by atoms with Gasteiger partial charge < -0.3 is 9.64 Å². The topological polar surface area (TPSA) is 75.7 Å². The zero-order valence-corrected chi connectivity index (χ0v) is 15.7. The second-order valence-corrected chi connectivity index (χ2v) is 8.03. The van der Waals surface area contributed by atoms with Gasteiger partial charge >= 0.3 is 0 Å². The number of halogens is 1. The van der Waals surface area contributed by atoms with Gasteiger partial charge in [-0.2, -0.15) is 4.72 Å². The lowest BCUT2D eigenvalue weighted by Gasteiger charge is -2.30. The van der Waals surface area contributed by atoms with Crippen LogP contribution in [-0.2, 0) is 19.6 Å². The average molecular weight is 392 g/mol. The summed E-state index contributed by atoms with van der Waals surface area (Å²) in [6.07, 6.45) is 0. The molecule has 144 valence electrons. The highest BCUT2D eigenvalue weighted by Gasteiger charge is 2.31. The van der Waals surface area contributed by atoms with E-state index in [1.54, 1.807) is 35.2 Å². The normalized spacial score (nSPS) is 16.1. The minimum absolute atomic E-state index is 0.0860. The lowest BCUT2D eigenvalue weighted by atomic mass is 10.1. The molecule has 1 heterocycles. The Bertz CT molecular complexity index is 913. The van der Waals surface area contributed by atoms with Gasteiger partial charge in [0.25, 0.3) is 0 Å². The molecular weight excluding hydrogens is 371 g/mol. The lowest BCUT2D eigenvalue weighted by molar-refractivity contribution is -0.137. The quantitative estimate of drug-likeness (QED) is 0.845. The number of carbonyl (C=O) groups is 1. The third kappa shape index (κ3) is 4.52. The summed E-state index contributed by atoms with van der Waals surface area (Å²) in [7, 11) is -4.03. The summed E-state index contributed by atoms with van der Waals surface area (Å²) < 4.78 is 46.9. The van der Waals surface area contributed by atoms with Crippen LogP contribution in [0.5, 0.6) is 0 Å². The molecule has 3 rings (SSSR count). The Morgan fingerprint density at radius 1 is 1.15 bits per heavy atom. The van der Waals surface area contributed by atoms with E-state index >= 15 is 0 Å². The monoisotopic (exact) mass is 392 g/mol. The summed E-state index contributed by atoms with van der Waals surface area (Å²) in [4.78, 5) is 14.5. The predicted octanol–water partition coefficient (Wildman–Crippen LogP) is 2.01. The van der Waals surface area contributed by atoms with Crippen molar-refractivity contribution in [2.45, 2.75) is 17.9 Å². The van der Waals surface area contributed by atoms with E-state index < -0.39 is 21.9 Å². The molecule has 1 atom stereocenters. The fraction of sp³-hybridized carbons (Fsp3) is 0.316. The minimum atomic E-state index is -4.03. The van der Waals surface area contributed by atoms with Gasteiger partial charge in [-0.05, 0) is 36.2 Å². The first-order chi connectivity index (χ1) is 12.9. The van der Waals surface area contributed by atoms with E-state index in [4.69, 9.17) is 4.74 Å². The van der Waals surface area contributed by atoms with Gasteiger partial charge in [0.05, 0.1) is 18.1 Å². The third-order valence-electron chi connectivity index (χ3n) is 4.42. The van der Waals surface area contributed by atoms with Gasteiger partial charge in [-0.3, -0.25) is 4.79 Å². The Kier molecular flexibility index (Phi) is 5.88. The maximum atomic E-state index is 13.5. The Labute approximate surface area is 158 Å². The van der Waals surface area contributed by atoms with Crippen molar-refractivity contribution in [2.24, 2.45) is 0 Å². The lowest BCUT2D eigenvalue weighted by Crippen LogP contribution is -2.47. The fourth-order valence-electron chi connectivity index (χ4n) is 2.88. The van der Waals surface area contributed by atoms with Crippen molar-refractivity contribution in [2.75, 3.05) is 26.3 Å². The molecule has 1 saturated heterocycles. The number of morpholine rings is 1. The number of nitrogens with zero attached hydrogens (tertiary/aromatic N) is 1. The molecule has 1 aliphatic heterocycles. The van der Waals surface area contributed by atoms with Crippen LogP contribution in [0.25, 0.3) is 0 Å². The van der Waals surface area contributed by atoms with Crippen LogP contribution in [0.1, 0.15) is 17.2 Å². The summed E-state index contributed by atoms with van der Waals surface area (Å²) >= 11 is 0. The molecule has 0 spiro atoms. The number of amides is 1. The average Bonchev–Trinajstić information content (AvgIpc) is 2.69. The van der Waals surface area contributed by atoms with Gasteiger partial charge in [-0.15, -0.1) is 0 Å². The summed E-state index contributed by atoms with van der Waals surface area (Å²) in [6, 6.07) is 11.1. The number of benzene rings is 2. The molecule has 8 heteroatoms. The number of hydrogen-bond acceptors (Lipinski definition) is 4. The number of hydrogen-bond donors (Lipinski definition) is 1. The molecule has 27 heavy (non-hydrogen) atoms. The number of aryl methyl sites for hydroxylation is 1. The van der Waals surface area contributed by atoms with Crippen LogP contribution >= 0.6 is 0 Å². The van der Waals surface area contributed by atoms with Crippen LogP contribution in [0.2, 0.25) is 0 Å². The second-order valence-electron chi connectivity index (χ2n) is 6.31. The van der Waals surface area contributed by atoms with Crippen molar-refractivity contribution < 1.29 is 22.3 Å². The highest BCUT2D eigenvalue weighted by Crippen LogP contribution is 2.21. The highest BCUT2D eigenvalue weighted by atomic mass is 32.2. The van der Waals surface area contributed by atoms with Crippen LogP contribution in [0, 0.1) is 12.7 Å². The van der Waals surface area contributed by atoms with E-state index in [0.29, 0.717) is 31.9 Å². The molecule has 0 unspecified atom stereocenters. The maximum absolute atomic E-state index is 13.5. The Balaban J connectivity index is 1.92. The number of carbonyl (C=O) groups excluding carboxylic acids is 1. The largest absolute Gasteiger partial charge is 0.378 e. The van der Waals surface area contributed by atoms with Gasteiger partial charge in [0, 0.05) is 13.1 Å². The zero-order chi connectivity index (χ0) is 19.4. The molecule has 1 aliphatic rings. The smallest absolute Gasteiger partial charge is 0.245 e. The third-order valence-corrected chi connectivity index (χ3v) is 5.84. The van der Waals surface area contributed by atoms with Crippen LogP contribution in [-0.4, -0.2) is 45.5 Å². The van der Waals surface area contributed by atoms with Gasteiger partial charge in [-0.1, -0.05) is 30.3 Å². The van der Waals surface area contributed by atoms with Gasteiger partial charge in [0.15, 0.2) is 0 Å². The van der Waals surface area contributed by atoms with Crippen molar-refractivity contribution in [3.63, 3.8) is 0 Å². The van der Waals surface area contributed by atoms with Crippen molar-refractivity contribution in [1.82, 2.24) is 9.62 Å². The standard InChI is InChI=1S/C19H21FN2O4S/c1-14-13-16(7-8-17(14)20)27(24,25)21-18(15-5-3-2-4-6-15)19(23)22-9-11-26-12-10-22/h2-8,13,18,21H,9-12H2,1H3/t18-/m0/s1. The minimum Gasteiger partial charge on any atom is -0.378 e. The summed E-state index contributed by atoms with van der Waals surface area (Å²) in [5.74, 6) is -0.829. The Morgan fingerprint density at radius 3 is 2.44 bits per heavy atom. The molecular formula is C19H21FN2O4S. The fourth-order valence-corrected chi connectivity index (χ4v) is 4.14. The molecule has 0 aliphatic carbocycles. The van der Waals surface area contributed by atoms with E-state index in [-0.39, 0.29) is 16.4 Å². The Morgan fingerprint density at radius 2 is 1.81 bits per heavy atom. The number of rotatable bonds is 5. The second kappa shape index (κ2) is 8.16. The van der Waals surface area contributed by atoms with Crippen molar-refractivity contribution in [1.29, 1.82) is 0 Å². The molecule has 0 saturated carbocycles. The molecule has 1 amide bonds. The van der Waals surface area contributed by atoms with E-state index in [1.165, 1.54) is 19.1 Å². The molecule has 0 bridgehead atoms. The molecule has 1 N–H and O–H groups in total. The predicted molar refractivity (Wildman–Crippen MR) is 98.0 cm³/mol. The van der Waals surface area contributed by atoms with Crippen LogP contribution in [0.15, 0.2) is 53.4 Å². The summed E-state index contributed by atoms with van der Waals surface area (Å²) in [5, 5.41) is 0. The Hall–Kier alpha value is -2.29. The van der Waals surface area contributed by atoms with Gasteiger partial charge in [0.2, 0.25) is 15.9 Å². The first kappa shape index (κ1) is 19.5. The SMILES string of the molecule is Cc1cc(S(=O)(=O)N[C@H](C(=O)N2CCOCC2)c2ccccc2)ccc1F. The molecule has 2 aromatic carbocycles. The molecule has 0 radical (unpaired) electrons. The maximum Gasteiger partial charge on any atom is 0.245 e. The van der Waals surface area contributed by atoms with Crippen molar-refractivity contribution in [3.8, 4) is 0 Å². The molecule has 2 aromatic rings. The molecule has 1 fully saturated rings. The number of nitrogens with one attached hydrogen (secondary N) is 1. The van der Waals surface area contributed by atoms with E-state index in [0.717, 1.165) is 6.07 Å². The molecule has 6 nitrogen and oxygen atoms in total. The van der Waals surface area contributed by atoms with Gasteiger partial charge in [0.1, 0.15) is 11.9 Å². The van der Waals surface area contributed by atoms with E-state index in [2.05, 4.69) is 4.72 Å². The van der Waals surface area contributed by atoms with E-state index in [1.807, 2.05) is 0 Å². The van der Waals surface area contributed by atoms with Gasteiger partial charge in [-0.25, -0.2) is 12.8 Å². The van der Waals surface area contributed by atoms with Crippen molar-refractivity contribution in [3.05, 3.63) is 65.5 Å². The summed E-state index contributed by atoms with van der Waals surface area (Å²) in [6.45, 7) is 3.12. The first-order valence-corrected chi connectivity index (χ1v) is 10.1. The van der Waals surface area contributed by atoms with Crippen LogP contribution in [0.4, 0.5) is 4.39 Å². The van der Waals surface area contributed by atoms with Crippen LogP contribution in [0.3, 0.4) is 0 Å². The zero-order valence-electron chi connectivity index (χ0n) is 14.9. The van der Waals surface area contributed by atoms with E-state index in [9.17, 15) is 17.6 Å². The van der Waals surface area contributed by atoms with Crippen molar-refractivity contribution >= 4 is 15.9 Å². The van der Waals surface area contributed by atoms with Crippen LogP contribution < -0.4 is 4.72 Å². The number of sulfonamides is 1. The molecule has 0 aromatic heterocycles. The number of ether oxygens (including phenoxy) is 1. The highest BCUT2D eigenvalue weighted by molar-refractivity contribution is 7.89. The first-order valence-electron chi connectivity index (χ1n) is 8.58.